The molecule has 0 aromatic heterocycles. The van der Waals surface area contributed by atoms with Crippen LogP contribution in [0.2, 0.25) is 0 Å². The maximum Gasteiger partial charge on any atom is 0.358 e. The highest BCUT2D eigenvalue weighted by Crippen LogP contribution is 2.29. The van der Waals surface area contributed by atoms with Gasteiger partial charge in [0.2, 0.25) is 0 Å². The molecule has 0 heterocycles. The summed E-state index contributed by atoms with van der Waals surface area (Å²) in [6.07, 6.45) is 1.78. The first kappa shape index (κ1) is 14.0. The highest BCUT2D eigenvalue weighted by atomic mass is 16.4. The van der Waals surface area contributed by atoms with Gasteiger partial charge in [-0.3, -0.25) is 0 Å². The molecular formula is C21H17O+. The van der Waals surface area contributed by atoms with Gasteiger partial charge in [-0.05, 0) is 34.4 Å². The number of rotatable bonds is 4. The molecule has 0 spiro atoms. The van der Waals surface area contributed by atoms with Gasteiger partial charge in [-0.15, -0.1) is 0 Å². The van der Waals surface area contributed by atoms with Crippen LogP contribution in [0.5, 0.6) is 5.75 Å². The van der Waals surface area contributed by atoms with E-state index in [0.717, 1.165) is 16.9 Å². The van der Waals surface area contributed by atoms with Crippen molar-refractivity contribution in [2.45, 2.75) is 0 Å². The molecule has 0 saturated carbocycles. The van der Waals surface area contributed by atoms with E-state index in [9.17, 15) is 0 Å². The van der Waals surface area contributed by atoms with Crippen LogP contribution >= 0.6 is 0 Å². The average Bonchev–Trinajstić information content (AvgIpc) is 2.62. The lowest BCUT2D eigenvalue weighted by Crippen LogP contribution is -1.82. The normalized spacial score (nSPS) is 10.2. The fraction of sp³-hybridized carbons (Fsp3) is 0. The minimum atomic E-state index is 0.736. The van der Waals surface area contributed by atoms with Crippen LogP contribution in [0.1, 0.15) is 5.56 Å². The largest absolute Gasteiger partial charge is 0.358 e. The van der Waals surface area contributed by atoms with Gasteiger partial charge >= 0.3 is 5.75 Å². The molecule has 0 unspecified atom stereocenters. The quantitative estimate of drug-likeness (QED) is 0.541. The third kappa shape index (κ3) is 2.75. The highest BCUT2D eigenvalue weighted by molar-refractivity contribution is 5.73. The zero-order valence-electron chi connectivity index (χ0n) is 12.3. The summed E-state index contributed by atoms with van der Waals surface area (Å²) in [5, 5.41) is 0. The lowest BCUT2D eigenvalue weighted by molar-refractivity contribution is -0.355. The Morgan fingerprint density at radius 3 is 1.82 bits per heavy atom. The van der Waals surface area contributed by atoms with Crippen LogP contribution in [-0.2, 0) is 4.42 Å². The summed E-state index contributed by atoms with van der Waals surface area (Å²) in [6, 6.07) is 24.9. The highest BCUT2D eigenvalue weighted by Gasteiger charge is 2.09. The molecule has 106 valence electrons. The monoisotopic (exact) mass is 285 g/mol. The summed E-state index contributed by atoms with van der Waals surface area (Å²) >= 11 is 0. The molecule has 1 nitrogen and oxygen atoms in total. The van der Waals surface area contributed by atoms with E-state index >= 15 is 0 Å². The van der Waals surface area contributed by atoms with Gasteiger partial charge in [-0.25, -0.2) is 4.42 Å². The summed E-state index contributed by atoms with van der Waals surface area (Å²) in [4.78, 5) is 0. The molecule has 3 aromatic rings. The average molecular weight is 285 g/mol. The fourth-order valence-electron chi connectivity index (χ4n) is 2.50. The first-order valence-corrected chi connectivity index (χ1v) is 7.16. The van der Waals surface area contributed by atoms with Gasteiger partial charge in [-0.2, -0.15) is 0 Å². The van der Waals surface area contributed by atoms with Crippen molar-refractivity contribution in [1.82, 2.24) is 0 Å². The number of hydrogen-bond acceptors (Lipinski definition) is 0. The Kier molecular flexibility index (Phi) is 3.97. The van der Waals surface area contributed by atoms with Crippen LogP contribution in [-0.4, -0.2) is 6.79 Å². The summed E-state index contributed by atoms with van der Waals surface area (Å²) in [5.41, 5.74) is 5.68. The van der Waals surface area contributed by atoms with E-state index in [-0.39, 0.29) is 0 Å². The second kappa shape index (κ2) is 6.23. The summed E-state index contributed by atoms with van der Waals surface area (Å²) in [6.45, 7) is 7.28. The molecule has 0 bridgehead atoms. The molecular weight excluding hydrogens is 268 g/mol. The van der Waals surface area contributed by atoms with Crippen LogP contribution in [0.4, 0.5) is 0 Å². The van der Waals surface area contributed by atoms with Crippen LogP contribution in [0.25, 0.3) is 28.3 Å². The van der Waals surface area contributed by atoms with Crippen molar-refractivity contribution in [1.29, 1.82) is 0 Å². The molecule has 0 aliphatic rings. The van der Waals surface area contributed by atoms with E-state index in [4.69, 9.17) is 4.42 Å². The van der Waals surface area contributed by atoms with Crippen molar-refractivity contribution in [3.05, 3.63) is 84.9 Å². The molecule has 3 rings (SSSR count). The third-order valence-electron chi connectivity index (χ3n) is 3.71. The van der Waals surface area contributed by atoms with E-state index in [1.165, 1.54) is 16.7 Å². The van der Waals surface area contributed by atoms with Crippen LogP contribution in [0, 0.1) is 0 Å². The number of carbonyl (C=O) groups excluding carboxylic acids is 1. The van der Waals surface area contributed by atoms with E-state index in [2.05, 4.69) is 68.0 Å². The molecule has 3 aromatic carbocycles. The van der Waals surface area contributed by atoms with Crippen LogP contribution in [0.15, 0.2) is 79.4 Å². The SMILES string of the molecule is C=Cc1cc(-c2ccc(-c3ccccc3)cc2)ccc1[O+]=C. The fourth-order valence-corrected chi connectivity index (χ4v) is 2.50. The predicted molar refractivity (Wildman–Crippen MR) is 94.0 cm³/mol. The zero-order valence-corrected chi connectivity index (χ0v) is 12.3. The first-order valence-electron chi connectivity index (χ1n) is 7.16. The van der Waals surface area contributed by atoms with E-state index in [0.29, 0.717) is 0 Å². The van der Waals surface area contributed by atoms with Gasteiger partial charge in [0.15, 0.2) is 0 Å². The van der Waals surface area contributed by atoms with Crippen LogP contribution < -0.4 is 0 Å². The summed E-state index contributed by atoms with van der Waals surface area (Å²) in [5.74, 6) is 0.736. The summed E-state index contributed by atoms with van der Waals surface area (Å²) in [7, 11) is 0. The number of hydrogen-bond donors (Lipinski definition) is 0. The topological polar surface area (TPSA) is 11.3 Å². The van der Waals surface area contributed by atoms with Crippen molar-refractivity contribution in [3.8, 4) is 28.0 Å². The lowest BCUT2D eigenvalue weighted by atomic mass is 9.99. The van der Waals surface area contributed by atoms with E-state index < -0.39 is 0 Å². The molecule has 1 heteroatoms. The van der Waals surface area contributed by atoms with Crippen molar-refractivity contribution >= 4 is 12.9 Å². The van der Waals surface area contributed by atoms with E-state index in [1.807, 2.05) is 18.2 Å². The minimum Gasteiger partial charge on any atom is -0.224 e. The summed E-state index contributed by atoms with van der Waals surface area (Å²) < 4.78 is 5.08. The number of benzene rings is 3. The third-order valence-corrected chi connectivity index (χ3v) is 3.71. The van der Waals surface area contributed by atoms with Crippen molar-refractivity contribution in [2.24, 2.45) is 0 Å². The molecule has 0 N–H and O–H groups in total. The van der Waals surface area contributed by atoms with Gasteiger partial charge in [0.1, 0.15) is 0 Å². The Morgan fingerprint density at radius 1 is 0.682 bits per heavy atom. The van der Waals surface area contributed by atoms with Crippen molar-refractivity contribution in [2.75, 3.05) is 0 Å². The molecule has 0 radical (unpaired) electrons. The maximum absolute atomic E-state index is 5.08. The van der Waals surface area contributed by atoms with Gasteiger partial charge < -0.3 is 0 Å². The Hall–Kier alpha value is -2.93. The van der Waals surface area contributed by atoms with Gasteiger partial charge in [-0.1, -0.05) is 67.3 Å². The van der Waals surface area contributed by atoms with Gasteiger partial charge in [0.05, 0.1) is 5.56 Å². The second-order valence-corrected chi connectivity index (χ2v) is 5.04. The zero-order chi connectivity index (χ0) is 15.4. The Balaban J connectivity index is 1.96. The molecule has 0 amide bonds. The molecule has 0 atom stereocenters. The molecule has 0 aliphatic carbocycles. The molecule has 0 fully saturated rings. The molecule has 0 aliphatic heterocycles. The lowest BCUT2D eigenvalue weighted by Gasteiger charge is -2.05. The second-order valence-electron chi connectivity index (χ2n) is 5.04. The Morgan fingerprint density at radius 2 is 1.23 bits per heavy atom. The van der Waals surface area contributed by atoms with Crippen LogP contribution in [0.3, 0.4) is 0 Å². The molecule has 22 heavy (non-hydrogen) atoms. The Bertz CT molecular complexity index is 799. The Labute approximate surface area is 130 Å². The van der Waals surface area contributed by atoms with Gasteiger partial charge in [0, 0.05) is 6.07 Å². The first-order chi connectivity index (χ1) is 10.8. The minimum absolute atomic E-state index is 0.736. The maximum atomic E-state index is 5.08. The van der Waals surface area contributed by atoms with Crippen molar-refractivity contribution in [3.63, 3.8) is 0 Å². The van der Waals surface area contributed by atoms with Crippen molar-refractivity contribution < 1.29 is 4.42 Å². The standard InChI is InChI=1S/C21H17O/c1-3-16-15-20(13-14-21(16)22-2)19-11-9-18(10-12-19)17-7-5-4-6-8-17/h3-15H,1-2H2/q+1. The smallest absolute Gasteiger partial charge is 0.224 e. The predicted octanol–water partition coefficient (Wildman–Crippen LogP) is 5.74. The van der Waals surface area contributed by atoms with Gasteiger partial charge in [0.25, 0.3) is 6.79 Å². The molecule has 0 saturated heterocycles. The van der Waals surface area contributed by atoms with E-state index in [1.54, 1.807) is 6.08 Å².